The van der Waals surface area contributed by atoms with E-state index in [2.05, 4.69) is 21.2 Å². The molecule has 0 bridgehead atoms. The van der Waals surface area contributed by atoms with Crippen LogP contribution in [0, 0.1) is 22.2 Å². The van der Waals surface area contributed by atoms with Crippen molar-refractivity contribution in [2.24, 2.45) is 10.8 Å². The predicted octanol–water partition coefficient (Wildman–Crippen LogP) is 5.09. The van der Waals surface area contributed by atoms with Crippen molar-refractivity contribution in [1.29, 1.82) is 5.26 Å². The van der Waals surface area contributed by atoms with Crippen LogP contribution in [0.5, 0.6) is 5.75 Å². The molecule has 1 saturated heterocycles. The van der Waals surface area contributed by atoms with Gasteiger partial charge in [-0.2, -0.15) is 15.4 Å². The van der Waals surface area contributed by atoms with Crippen LogP contribution in [0.25, 0.3) is 5.52 Å². The van der Waals surface area contributed by atoms with Gasteiger partial charge in [-0.1, -0.05) is 18.2 Å². The molecule has 3 N–H and O–H groups in total. The molecule has 0 spiro atoms. The topological polar surface area (TPSA) is 242 Å². The van der Waals surface area contributed by atoms with Crippen molar-refractivity contribution in [2.45, 2.75) is 129 Å². The van der Waals surface area contributed by atoms with Crippen molar-refractivity contribution in [3.05, 3.63) is 54.5 Å². The lowest BCUT2D eigenvalue weighted by molar-refractivity contribution is -0.179. The number of fused-ring (bicyclic) bond motifs is 1. The highest BCUT2D eigenvalue weighted by atomic mass is 31.2. The lowest BCUT2D eigenvalue weighted by atomic mass is 9.90. The number of carbonyl (C=O) groups is 4. The third kappa shape index (κ3) is 9.87. The number of hydrogen-bond acceptors (Lipinski definition) is 16. The minimum atomic E-state index is -4.76. The Morgan fingerprint density at radius 1 is 0.949 bits per heavy atom. The van der Waals surface area contributed by atoms with E-state index in [0.29, 0.717) is 31.2 Å². The number of ether oxygens (including phenoxy) is 5. The molecule has 3 fully saturated rings. The number of nitriles is 1. The molecule has 6 rings (SSSR count). The quantitative estimate of drug-likeness (QED) is 0.115. The van der Waals surface area contributed by atoms with Gasteiger partial charge in [0.2, 0.25) is 5.60 Å². The van der Waals surface area contributed by atoms with Gasteiger partial charge in [0, 0.05) is 0 Å². The first-order valence-corrected chi connectivity index (χ1v) is 21.1. The Morgan fingerprint density at radius 3 is 2.17 bits per heavy atom. The summed E-state index contributed by atoms with van der Waals surface area (Å²) in [6, 6.07) is 11.5. The van der Waals surface area contributed by atoms with Gasteiger partial charge in [-0.15, -0.1) is 0 Å². The maximum Gasteiger partial charge on any atom is 0.459 e. The average molecular weight is 839 g/mol. The standard InChI is InChI=1S/C40H51N6O12P/c1-38(2,3)36(49)55-32-29(57-40(22-41,33(32)56-37(50)39(4,5)6)30-19-18-28-34(42)43-23-44-46(28)30)21-52-59(51,58-26-12-8-7-9-13-26)45-27(35(48)54-25-16-11-17-25)20-31(47)53-24-14-10-15-24/h7-9,12-13,18-19,23-25,27,29,32-33H,10-11,14-17,20-21H2,1-6H3,(H,45,51)(H2,42,43,44)/t27-,29+,32+,33+,40-,59+/m0/s1. The van der Waals surface area contributed by atoms with E-state index in [4.69, 9.17) is 38.5 Å². The number of rotatable bonds is 15. The van der Waals surface area contributed by atoms with Crippen LogP contribution in [0.4, 0.5) is 5.82 Å². The minimum Gasteiger partial charge on any atom is -0.462 e. The third-order valence-corrected chi connectivity index (χ3v) is 11.7. The van der Waals surface area contributed by atoms with Crippen LogP contribution in [-0.4, -0.2) is 81.6 Å². The highest BCUT2D eigenvalue weighted by Crippen LogP contribution is 2.49. The second-order valence-corrected chi connectivity index (χ2v) is 18.7. The first-order valence-electron chi connectivity index (χ1n) is 19.6. The SMILES string of the molecule is CC(C)(C)C(=O)O[C@H]1[C@@H](OC(=O)C(C)(C)C)[C@](C#N)(c2ccc3c(N)ncnn23)O[C@@H]1CO[P@](=O)(N[C@@H](CC(=O)OC1CCC1)C(=O)OC1CCC1)Oc1ccccc1. The summed E-state index contributed by atoms with van der Waals surface area (Å²) in [5.74, 6) is -2.96. The van der Waals surface area contributed by atoms with Crippen molar-refractivity contribution in [3.63, 3.8) is 0 Å². The Balaban J connectivity index is 1.39. The van der Waals surface area contributed by atoms with Crippen molar-refractivity contribution in [1.82, 2.24) is 19.7 Å². The molecule has 18 nitrogen and oxygen atoms in total. The van der Waals surface area contributed by atoms with E-state index < -0.39 is 85.4 Å². The number of para-hydroxylation sites is 1. The van der Waals surface area contributed by atoms with Gasteiger partial charge in [-0.05, 0) is 104 Å². The molecule has 6 atom stereocenters. The number of aromatic nitrogens is 3. The third-order valence-electron chi connectivity index (χ3n) is 10.2. The summed E-state index contributed by atoms with van der Waals surface area (Å²) in [7, 11) is -4.76. The van der Waals surface area contributed by atoms with E-state index in [1.54, 1.807) is 65.8 Å². The highest BCUT2D eigenvalue weighted by molar-refractivity contribution is 7.52. The molecule has 3 aliphatic rings. The molecule has 318 valence electrons. The van der Waals surface area contributed by atoms with E-state index in [-0.39, 0.29) is 29.5 Å². The number of nitrogens with one attached hydrogen (secondary N) is 1. The Kier molecular flexibility index (Phi) is 12.7. The maximum atomic E-state index is 15.0. The minimum absolute atomic E-state index is 0.0424. The van der Waals surface area contributed by atoms with E-state index >= 15 is 0 Å². The predicted molar refractivity (Wildman–Crippen MR) is 208 cm³/mol. The van der Waals surface area contributed by atoms with Crippen molar-refractivity contribution in [2.75, 3.05) is 12.3 Å². The normalized spacial score (nSPS) is 23.8. The van der Waals surface area contributed by atoms with Crippen molar-refractivity contribution < 1.29 is 56.5 Å². The van der Waals surface area contributed by atoms with Gasteiger partial charge < -0.3 is 33.9 Å². The fraction of sp³-hybridized carbons (Fsp3) is 0.575. The van der Waals surface area contributed by atoms with Crippen molar-refractivity contribution >= 4 is 43.0 Å². The fourth-order valence-electron chi connectivity index (χ4n) is 6.27. The van der Waals surface area contributed by atoms with Gasteiger partial charge in [0.1, 0.15) is 48.0 Å². The van der Waals surface area contributed by atoms with Crippen LogP contribution in [0.3, 0.4) is 0 Å². The van der Waals surface area contributed by atoms with Crippen LogP contribution >= 0.6 is 7.75 Å². The molecule has 0 radical (unpaired) electrons. The fourth-order valence-corrected chi connectivity index (χ4v) is 7.78. The molecule has 0 amide bonds. The van der Waals surface area contributed by atoms with Crippen LogP contribution in [0.1, 0.15) is 92.2 Å². The van der Waals surface area contributed by atoms with E-state index in [1.807, 2.05) is 0 Å². The van der Waals surface area contributed by atoms with E-state index in [0.717, 1.165) is 19.2 Å². The van der Waals surface area contributed by atoms with Crippen LogP contribution in [0.2, 0.25) is 0 Å². The zero-order valence-corrected chi connectivity index (χ0v) is 34.8. The van der Waals surface area contributed by atoms with Crippen LogP contribution in [0.15, 0.2) is 48.8 Å². The number of carbonyl (C=O) groups excluding carboxylic acids is 4. The first kappa shape index (κ1) is 43.5. The number of esters is 4. The van der Waals surface area contributed by atoms with Gasteiger partial charge in [0.15, 0.2) is 18.0 Å². The molecule has 3 heterocycles. The summed E-state index contributed by atoms with van der Waals surface area (Å²) in [5.41, 5.74) is 2.02. The van der Waals surface area contributed by atoms with E-state index in [1.165, 1.54) is 22.7 Å². The van der Waals surface area contributed by atoms with Crippen LogP contribution in [-0.2, 0) is 57.6 Å². The van der Waals surface area contributed by atoms with Gasteiger partial charge in [-0.25, -0.2) is 14.1 Å². The summed E-state index contributed by atoms with van der Waals surface area (Å²) < 4.78 is 58.1. The number of anilines is 1. The molecule has 2 saturated carbocycles. The Bertz CT molecular complexity index is 2120. The molecular weight excluding hydrogens is 787 g/mol. The van der Waals surface area contributed by atoms with E-state index in [9.17, 15) is 29.0 Å². The molecule has 2 aromatic heterocycles. The summed E-state index contributed by atoms with van der Waals surface area (Å²) in [4.78, 5) is 58.0. The highest BCUT2D eigenvalue weighted by Gasteiger charge is 2.63. The first-order chi connectivity index (χ1) is 27.8. The number of nitrogens with zero attached hydrogens (tertiary/aromatic N) is 4. The maximum absolute atomic E-state index is 15.0. The molecule has 1 aromatic carbocycles. The van der Waals surface area contributed by atoms with Crippen LogP contribution < -0.4 is 15.3 Å². The Hall–Kier alpha value is -5.08. The lowest BCUT2D eigenvalue weighted by Crippen LogP contribution is -2.48. The number of nitrogens with two attached hydrogens (primary N) is 1. The molecule has 0 unspecified atom stereocenters. The van der Waals surface area contributed by atoms with Gasteiger partial charge in [0.05, 0.1) is 29.6 Å². The summed E-state index contributed by atoms with van der Waals surface area (Å²) in [6.07, 6.45) is -0.409. The smallest absolute Gasteiger partial charge is 0.459 e. The van der Waals surface area contributed by atoms with Gasteiger partial charge in [-0.3, -0.25) is 23.7 Å². The zero-order chi connectivity index (χ0) is 42.8. The summed E-state index contributed by atoms with van der Waals surface area (Å²) >= 11 is 0. The molecule has 3 aromatic rings. The molecule has 19 heteroatoms. The lowest BCUT2D eigenvalue weighted by Gasteiger charge is -2.32. The second-order valence-electron chi connectivity index (χ2n) is 17.0. The molecule has 59 heavy (non-hydrogen) atoms. The number of benzene rings is 1. The molecule has 1 aliphatic heterocycles. The Morgan fingerprint density at radius 2 is 1.58 bits per heavy atom. The molecule has 2 aliphatic carbocycles. The van der Waals surface area contributed by atoms with Crippen molar-refractivity contribution in [3.8, 4) is 11.8 Å². The summed E-state index contributed by atoms with van der Waals surface area (Å²) in [6.45, 7) is 8.89. The molecular formula is C40H51N6O12P. The summed E-state index contributed by atoms with van der Waals surface area (Å²) in [5, 5.41) is 18.0. The van der Waals surface area contributed by atoms with Gasteiger partial charge in [0.25, 0.3) is 0 Å². The van der Waals surface area contributed by atoms with Gasteiger partial charge >= 0.3 is 31.6 Å². The average Bonchev–Trinajstić information content (AvgIpc) is 3.70. The number of nitrogen functional groups attached to an aromatic ring is 1. The number of hydrogen-bond donors (Lipinski definition) is 2. The Labute approximate surface area is 341 Å². The monoisotopic (exact) mass is 838 g/mol. The largest absolute Gasteiger partial charge is 0.462 e. The zero-order valence-electron chi connectivity index (χ0n) is 34.0. The second kappa shape index (κ2) is 17.3.